The molecule has 1 aliphatic heterocycles. The largest absolute Gasteiger partial charge is 0.379 e. The molecule has 1 saturated heterocycles. The number of rotatable bonds is 6. The van der Waals surface area contributed by atoms with Gasteiger partial charge in [0.05, 0.1) is 24.7 Å². The Balaban J connectivity index is 1.57. The first-order valence-electron chi connectivity index (χ1n) is 9.19. The zero-order chi connectivity index (χ0) is 20.8. The second-order valence-electron chi connectivity index (χ2n) is 6.73. The summed E-state index contributed by atoms with van der Waals surface area (Å²) in [4.78, 5) is 37.0. The fourth-order valence-corrected chi connectivity index (χ4v) is 2.95. The third-order valence-corrected chi connectivity index (χ3v) is 4.57. The number of anilines is 2. The first-order valence-corrected chi connectivity index (χ1v) is 9.19. The van der Waals surface area contributed by atoms with Gasteiger partial charge in [0.25, 0.3) is 11.6 Å². The lowest BCUT2D eigenvalue weighted by Gasteiger charge is -2.25. The smallest absolute Gasteiger partial charge is 0.273 e. The lowest BCUT2D eigenvalue weighted by Crippen LogP contribution is -2.41. The molecule has 9 heteroatoms. The number of ether oxygens (including phenoxy) is 1. The molecule has 0 radical (unpaired) electrons. The topological polar surface area (TPSA) is 114 Å². The Morgan fingerprint density at radius 3 is 2.31 bits per heavy atom. The maximum absolute atomic E-state index is 12.4. The second kappa shape index (κ2) is 9.26. The van der Waals surface area contributed by atoms with Crippen molar-refractivity contribution in [2.75, 3.05) is 43.5 Å². The van der Waals surface area contributed by atoms with Gasteiger partial charge in [0.15, 0.2) is 0 Å². The molecule has 1 fully saturated rings. The zero-order valence-electron chi connectivity index (χ0n) is 16.0. The van der Waals surface area contributed by atoms with E-state index in [1.54, 1.807) is 37.3 Å². The summed E-state index contributed by atoms with van der Waals surface area (Å²) in [5, 5.41) is 16.5. The van der Waals surface area contributed by atoms with E-state index in [1.165, 1.54) is 12.1 Å². The van der Waals surface area contributed by atoms with Crippen molar-refractivity contribution in [3.05, 3.63) is 63.7 Å². The number of hydrogen-bond donors (Lipinski definition) is 2. The minimum atomic E-state index is -0.513. The summed E-state index contributed by atoms with van der Waals surface area (Å²) in [5.74, 6) is -0.562. The first-order chi connectivity index (χ1) is 13.9. The van der Waals surface area contributed by atoms with Crippen molar-refractivity contribution in [2.24, 2.45) is 0 Å². The van der Waals surface area contributed by atoms with Gasteiger partial charge in [-0.1, -0.05) is 6.07 Å². The average Bonchev–Trinajstić information content (AvgIpc) is 2.70. The number of aryl methyl sites for hydroxylation is 1. The van der Waals surface area contributed by atoms with E-state index in [2.05, 4.69) is 10.6 Å². The van der Waals surface area contributed by atoms with E-state index in [1.807, 2.05) is 4.90 Å². The molecule has 2 amide bonds. The Labute approximate surface area is 167 Å². The van der Waals surface area contributed by atoms with E-state index >= 15 is 0 Å². The van der Waals surface area contributed by atoms with Gasteiger partial charge in [-0.05, 0) is 37.3 Å². The Morgan fingerprint density at radius 1 is 1.07 bits per heavy atom. The van der Waals surface area contributed by atoms with Crippen LogP contribution in [0.4, 0.5) is 17.1 Å². The molecule has 2 N–H and O–H groups in total. The van der Waals surface area contributed by atoms with Crippen molar-refractivity contribution >= 4 is 28.9 Å². The van der Waals surface area contributed by atoms with Crippen LogP contribution < -0.4 is 10.6 Å². The normalized spacial score (nSPS) is 14.2. The molecule has 0 atom stereocenters. The number of benzene rings is 2. The van der Waals surface area contributed by atoms with Crippen molar-refractivity contribution in [2.45, 2.75) is 6.92 Å². The second-order valence-corrected chi connectivity index (χ2v) is 6.73. The Hall–Kier alpha value is -3.30. The van der Waals surface area contributed by atoms with E-state index in [4.69, 9.17) is 4.74 Å². The van der Waals surface area contributed by atoms with Gasteiger partial charge in [0, 0.05) is 41.7 Å². The Kier molecular flexibility index (Phi) is 6.53. The fourth-order valence-electron chi connectivity index (χ4n) is 2.95. The molecule has 2 aromatic rings. The predicted octanol–water partition coefficient (Wildman–Crippen LogP) is 2.43. The molecule has 152 valence electrons. The summed E-state index contributed by atoms with van der Waals surface area (Å²) >= 11 is 0. The van der Waals surface area contributed by atoms with E-state index in [0.29, 0.717) is 36.7 Å². The number of amides is 2. The highest BCUT2D eigenvalue weighted by atomic mass is 16.6. The molecule has 0 bridgehead atoms. The molecule has 0 saturated carbocycles. The number of carbonyl (C=O) groups excluding carboxylic acids is 2. The molecular weight excluding hydrogens is 376 g/mol. The minimum absolute atomic E-state index is 0.101. The van der Waals surface area contributed by atoms with E-state index in [9.17, 15) is 19.7 Å². The highest BCUT2D eigenvalue weighted by Crippen LogP contribution is 2.21. The summed E-state index contributed by atoms with van der Waals surface area (Å²) in [5.41, 5.74) is 1.72. The number of nitrogens with one attached hydrogen (secondary N) is 2. The number of morpholine rings is 1. The summed E-state index contributed by atoms with van der Waals surface area (Å²) < 4.78 is 5.26. The molecule has 0 aliphatic carbocycles. The molecule has 0 spiro atoms. The van der Waals surface area contributed by atoms with Crippen LogP contribution in [-0.4, -0.2) is 54.5 Å². The highest BCUT2D eigenvalue weighted by molar-refractivity contribution is 6.05. The summed E-state index contributed by atoms with van der Waals surface area (Å²) in [6.45, 7) is 4.64. The molecule has 1 heterocycles. The number of nitrogens with zero attached hydrogens (tertiary/aromatic N) is 2. The van der Waals surface area contributed by atoms with Gasteiger partial charge in [-0.25, -0.2) is 0 Å². The molecule has 9 nitrogen and oxygen atoms in total. The van der Waals surface area contributed by atoms with Crippen molar-refractivity contribution in [3.63, 3.8) is 0 Å². The Morgan fingerprint density at radius 2 is 1.69 bits per heavy atom. The summed E-state index contributed by atoms with van der Waals surface area (Å²) in [6.07, 6.45) is 0. The van der Waals surface area contributed by atoms with Crippen LogP contribution in [0.15, 0.2) is 42.5 Å². The van der Waals surface area contributed by atoms with Gasteiger partial charge in [-0.3, -0.25) is 24.6 Å². The number of nitro groups is 1. The van der Waals surface area contributed by atoms with Gasteiger partial charge in [0.2, 0.25) is 5.91 Å². The lowest BCUT2D eigenvalue weighted by molar-refractivity contribution is -0.385. The minimum Gasteiger partial charge on any atom is -0.379 e. The third-order valence-electron chi connectivity index (χ3n) is 4.57. The van der Waals surface area contributed by atoms with Crippen molar-refractivity contribution in [3.8, 4) is 0 Å². The van der Waals surface area contributed by atoms with Crippen molar-refractivity contribution in [1.82, 2.24) is 4.90 Å². The molecular formula is C20H22N4O5. The predicted molar refractivity (Wildman–Crippen MR) is 108 cm³/mol. The fraction of sp³-hybridized carbons (Fsp3) is 0.300. The number of carbonyl (C=O) groups is 2. The lowest BCUT2D eigenvalue weighted by atomic mass is 10.1. The number of hydrogen-bond acceptors (Lipinski definition) is 6. The molecule has 1 aliphatic rings. The maximum atomic E-state index is 12.4. The van der Waals surface area contributed by atoms with Crippen LogP contribution in [0.3, 0.4) is 0 Å². The third kappa shape index (κ3) is 5.59. The van der Waals surface area contributed by atoms with E-state index in [-0.39, 0.29) is 17.2 Å². The van der Waals surface area contributed by atoms with Crippen LogP contribution in [0, 0.1) is 17.0 Å². The van der Waals surface area contributed by atoms with E-state index in [0.717, 1.165) is 13.1 Å². The first kappa shape index (κ1) is 20.4. The standard InChI is InChI=1S/C20H22N4O5/c1-14-2-3-15(12-18(14)24(27)28)20(26)22-17-6-4-16(5-7-17)21-19(25)13-23-8-10-29-11-9-23/h2-7,12H,8-11,13H2,1H3,(H,21,25)(H,22,26). The van der Waals surface area contributed by atoms with Crippen LogP contribution in [0.5, 0.6) is 0 Å². The molecule has 3 rings (SSSR count). The molecule has 0 aromatic heterocycles. The van der Waals surface area contributed by atoms with Gasteiger partial charge < -0.3 is 15.4 Å². The summed E-state index contributed by atoms with van der Waals surface area (Å²) in [6, 6.07) is 11.0. The molecule has 29 heavy (non-hydrogen) atoms. The monoisotopic (exact) mass is 398 g/mol. The SMILES string of the molecule is Cc1ccc(C(=O)Nc2ccc(NC(=O)CN3CCOCC3)cc2)cc1[N+](=O)[O-]. The van der Waals surface area contributed by atoms with Gasteiger partial charge >= 0.3 is 0 Å². The number of nitro benzene ring substituents is 1. The van der Waals surface area contributed by atoms with Crippen molar-refractivity contribution in [1.29, 1.82) is 0 Å². The molecule has 0 unspecified atom stereocenters. The van der Waals surface area contributed by atoms with Gasteiger partial charge in [-0.2, -0.15) is 0 Å². The van der Waals surface area contributed by atoms with E-state index < -0.39 is 10.8 Å². The van der Waals surface area contributed by atoms with Gasteiger partial charge in [0.1, 0.15) is 0 Å². The van der Waals surface area contributed by atoms with Crippen LogP contribution in [0.2, 0.25) is 0 Å². The maximum Gasteiger partial charge on any atom is 0.273 e. The summed E-state index contributed by atoms with van der Waals surface area (Å²) in [7, 11) is 0. The van der Waals surface area contributed by atoms with Crippen LogP contribution in [0.1, 0.15) is 15.9 Å². The molecule has 2 aromatic carbocycles. The van der Waals surface area contributed by atoms with Crippen LogP contribution in [0.25, 0.3) is 0 Å². The zero-order valence-corrected chi connectivity index (χ0v) is 16.0. The Bertz CT molecular complexity index is 908. The van der Waals surface area contributed by atoms with Crippen LogP contribution in [-0.2, 0) is 9.53 Å². The average molecular weight is 398 g/mol. The quantitative estimate of drug-likeness (QED) is 0.571. The van der Waals surface area contributed by atoms with Crippen LogP contribution >= 0.6 is 0 Å². The van der Waals surface area contributed by atoms with Crippen molar-refractivity contribution < 1.29 is 19.2 Å². The van der Waals surface area contributed by atoms with Gasteiger partial charge in [-0.15, -0.1) is 0 Å². The highest BCUT2D eigenvalue weighted by Gasteiger charge is 2.16.